The molecule has 1 aromatic carbocycles. The second-order valence-corrected chi connectivity index (χ2v) is 14.3. The van der Waals surface area contributed by atoms with E-state index in [0.29, 0.717) is 40.6 Å². The molecule has 0 atom stereocenters. The Morgan fingerprint density at radius 3 is 2.57 bits per heavy atom. The van der Waals surface area contributed by atoms with Crippen molar-refractivity contribution in [3.8, 4) is 11.1 Å². The molecule has 0 spiro atoms. The van der Waals surface area contributed by atoms with Crippen LogP contribution in [0.3, 0.4) is 0 Å². The highest BCUT2D eigenvalue weighted by molar-refractivity contribution is 6.74. The highest BCUT2D eigenvalue weighted by Gasteiger charge is 2.37. The van der Waals surface area contributed by atoms with E-state index in [2.05, 4.69) is 44.0 Å². The van der Waals surface area contributed by atoms with Crippen molar-refractivity contribution in [3.63, 3.8) is 0 Å². The second-order valence-electron chi connectivity index (χ2n) is 9.05. The number of nitrogens with zero attached hydrogens (tertiary/aromatic N) is 3. The predicted molar refractivity (Wildman–Crippen MR) is 123 cm³/mol. The van der Waals surface area contributed by atoms with Gasteiger partial charge in [-0.15, -0.1) is 0 Å². The lowest BCUT2D eigenvalue weighted by Crippen LogP contribution is -2.48. The van der Waals surface area contributed by atoms with Crippen molar-refractivity contribution >= 4 is 31.4 Å². The van der Waals surface area contributed by atoms with Crippen molar-refractivity contribution in [3.05, 3.63) is 46.9 Å². The van der Waals surface area contributed by atoms with E-state index in [1.54, 1.807) is 24.4 Å². The first-order valence-corrected chi connectivity index (χ1v) is 13.2. The van der Waals surface area contributed by atoms with Gasteiger partial charge in [0.25, 0.3) is 0 Å². The standard InChI is InChI=1S/C22H29ClFN3O2Si/c1-22(2,3)30(5,6)29-14-15-8-7-9-18(20(15)24)16-10-19(23)21(25-11-16)27-12-17(13-27)26-28-4/h7-11H,12-14H2,1-6H3. The molecular weight excluding hydrogens is 421 g/mol. The summed E-state index contributed by atoms with van der Waals surface area (Å²) in [6.45, 7) is 12.3. The first-order chi connectivity index (χ1) is 14.0. The molecule has 3 rings (SSSR count). The van der Waals surface area contributed by atoms with E-state index in [0.717, 1.165) is 5.71 Å². The van der Waals surface area contributed by atoms with Gasteiger partial charge in [0.1, 0.15) is 18.7 Å². The van der Waals surface area contributed by atoms with Gasteiger partial charge in [-0.25, -0.2) is 9.37 Å². The van der Waals surface area contributed by atoms with E-state index in [9.17, 15) is 0 Å². The normalized spacial score (nSPS) is 14.5. The highest BCUT2D eigenvalue weighted by atomic mass is 35.5. The van der Waals surface area contributed by atoms with Crippen molar-refractivity contribution in [2.75, 3.05) is 25.1 Å². The Morgan fingerprint density at radius 2 is 1.97 bits per heavy atom. The summed E-state index contributed by atoms with van der Waals surface area (Å²) in [6, 6.07) is 7.11. The number of oxime groups is 1. The van der Waals surface area contributed by atoms with Gasteiger partial charge < -0.3 is 14.2 Å². The van der Waals surface area contributed by atoms with Gasteiger partial charge in [-0.05, 0) is 24.2 Å². The summed E-state index contributed by atoms with van der Waals surface area (Å²) >= 11 is 6.46. The fourth-order valence-electron chi connectivity index (χ4n) is 2.93. The van der Waals surface area contributed by atoms with Gasteiger partial charge in [0.05, 0.1) is 30.4 Å². The molecule has 5 nitrogen and oxygen atoms in total. The van der Waals surface area contributed by atoms with Crippen molar-refractivity contribution in [2.24, 2.45) is 5.16 Å². The zero-order valence-electron chi connectivity index (χ0n) is 18.4. The highest BCUT2D eigenvalue weighted by Crippen LogP contribution is 2.38. The van der Waals surface area contributed by atoms with Crippen molar-refractivity contribution in [1.29, 1.82) is 0 Å². The average Bonchev–Trinajstić information content (AvgIpc) is 2.63. The van der Waals surface area contributed by atoms with Crippen LogP contribution in [-0.2, 0) is 15.9 Å². The van der Waals surface area contributed by atoms with Crippen molar-refractivity contribution in [1.82, 2.24) is 4.98 Å². The monoisotopic (exact) mass is 449 g/mol. The summed E-state index contributed by atoms with van der Waals surface area (Å²) in [5, 5.41) is 4.46. The molecule has 30 heavy (non-hydrogen) atoms. The Hall–Kier alpha value is -1.96. The molecule has 1 aromatic heterocycles. The lowest BCUT2D eigenvalue weighted by Gasteiger charge is -2.36. The summed E-state index contributed by atoms with van der Waals surface area (Å²) in [5.74, 6) is 0.369. The maximum Gasteiger partial charge on any atom is 0.192 e. The number of pyridine rings is 1. The van der Waals surface area contributed by atoms with E-state index in [1.807, 2.05) is 11.0 Å². The van der Waals surface area contributed by atoms with Crippen LogP contribution in [0.2, 0.25) is 23.2 Å². The van der Waals surface area contributed by atoms with Crippen LogP contribution in [0, 0.1) is 5.82 Å². The average molecular weight is 450 g/mol. The summed E-state index contributed by atoms with van der Waals surface area (Å²) in [7, 11) is -0.447. The van der Waals surface area contributed by atoms with Gasteiger partial charge >= 0.3 is 0 Å². The summed E-state index contributed by atoms with van der Waals surface area (Å²) in [6.07, 6.45) is 1.66. The molecule has 2 aromatic rings. The molecule has 162 valence electrons. The fraction of sp³-hybridized carbons (Fsp3) is 0.455. The molecule has 0 bridgehead atoms. The van der Waals surface area contributed by atoms with Crippen LogP contribution < -0.4 is 4.90 Å². The maximum atomic E-state index is 15.3. The van der Waals surface area contributed by atoms with E-state index in [-0.39, 0.29) is 17.5 Å². The molecule has 0 radical (unpaired) electrons. The van der Waals surface area contributed by atoms with Gasteiger partial charge in [0.2, 0.25) is 0 Å². The smallest absolute Gasteiger partial charge is 0.192 e. The largest absolute Gasteiger partial charge is 0.412 e. The first-order valence-electron chi connectivity index (χ1n) is 9.94. The molecule has 8 heteroatoms. The molecule has 1 aliphatic rings. The third kappa shape index (κ3) is 4.68. The van der Waals surface area contributed by atoms with Crippen molar-refractivity contribution in [2.45, 2.75) is 45.5 Å². The van der Waals surface area contributed by atoms with Crippen LogP contribution in [0.15, 0.2) is 35.6 Å². The van der Waals surface area contributed by atoms with Gasteiger partial charge in [-0.3, -0.25) is 0 Å². The first kappa shape index (κ1) is 22.7. The third-order valence-electron chi connectivity index (χ3n) is 5.87. The SMILES string of the molecule is CON=C1CN(c2ncc(-c3cccc(CO[Si](C)(C)C(C)(C)C)c3F)cc2Cl)C1. The maximum absolute atomic E-state index is 15.3. The van der Waals surface area contributed by atoms with Crippen LogP contribution in [0.1, 0.15) is 26.3 Å². The molecular formula is C22H29ClFN3O2Si. The second kappa shape index (κ2) is 8.65. The number of aromatic nitrogens is 1. The third-order valence-corrected chi connectivity index (χ3v) is 10.6. The number of hydrogen-bond acceptors (Lipinski definition) is 5. The Labute approximate surface area is 184 Å². The number of hydrogen-bond donors (Lipinski definition) is 0. The van der Waals surface area contributed by atoms with E-state index in [4.69, 9.17) is 20.9 Å². The molecule has 1 aliphatic heterocycles. The van der Waals surface area contributed by atoms with Crippen LogP contribution in [0.5, 0.6) is 0 Å². The topological polar surface area (TPSA) is 47.0 Å². The molecule has 0 saturated carbocycles. The minimum absolute atomic E-state index is 0.0685. The van der Waals surface area contributed by atoms with Gasteiger partial charge in [0.15, 0.2) is 8.32 Å². The molecule has 0 unspecified atom stereocenters. The predicted octanol–water partition coefficient (Wildman–Crippen LogP) is 5.89. The molecule has 1 saturated heterocycles. The van der Waals surface area contributed by atoms with Gasteiger partial charge in [-0.1, -0.05) is 55.7 Å². The van der Waals surface area contributed by atoms with Gasteiger partial charge in [-0.2, -0.15) is 0 Å². The molecule has 0 amide bonds. The zero-order chi connectivity index (χ0) is 22.1. The Morgan fingerprint density at radius 1 is 1.27 bits per heavy atom. The number of benzene rings is 1. The Balaban J connectivity index is 1.79. The quantitative estimate of drug-likeness (QED) is 0.407. The zero-order valence-corrected chi connectivity index (χ0v) is 20.2. The molecule has 0 N–H and O–H groups in total. The summed E-state index contributed by atoms with van der Waals surface area (Å²) < 4.78 is 21.5. The van der Waals surface area contributed by atoms with Crippen LogP contribution >= 0.6 is 11.6 Å². The van der Waals surface area contributed by atoms with E-state index < -0.39 is 8.32 Å². The van der Waals surface area contributed by atoms with Crippen molar-refractivity contribution < 1.29 is 13.7 Å². The number of anilines is 1. The molecule has 0 aliphatic carbocycles. The Bertz CT molecular complexity index is 952. The molecule has 1 fully saturated rings. The van der Waals surface area contributed by atoms with E-state index >= 15 is 4.39 Å². The Kier molecular flexibility index (Phi) is 6.55. The van der Waals surface area contributed by atoms with Gasteiger partial charge in [0, 0.05) is 22.9 Å². The van der Waals surface area contributed by atoms with Crippen LogP contribution in [-0.4, -0.2) is 39.2 Å². The minimum atomic E-state index is -1.97. The lowest BCUT2D eigenvalue weighted by atomic mass is 10.0. The molecule has 2 heterocycles. The van der Waals surface area contributed by atoms with E-state index in [1.165, 1.54) is 7.11 Å². The minimum Gasteiger partial charge on any atom is -0.412 e. The summed E-state index contributed by atoms with van der Waals surface area (Å²) in [5.41, 5.74) is 2.58. The fourth-order valence-corrected chi connectivity index (χ4v) is 4.17. The number of rotatable bonds is 6. The summed E-state index contributed by atoms with van der Waals surface area (Å²) in [4.78, 5) is 11.2. The van der Waals surface area contributed by atoms with Crippen LogP contribution in [0.4, 0.5) is 10.2 Å². The van der Waals surface area contributed by atoms with Crippen LogP contribution in [0.25, 0.3) is 11.1 Å². The lowest BCUT2D eigenvalue weighted by molar-refractivity contribution is 0.211. The number of halogens is 2.